The van der Waals surface area contributed by atoms with Crippen molar-refractivity contribution >= 4 is 57.0 Å². The first-order valence-corrected chi connectivity index (χ1v) is 8.37. The first-order chi connectivity index (χ1) is 12.2. The number of hydrogen-bond donors (Lipinski definition) is 2. The van der Waals surface area contributed by atoms with Gasteiger partial charge < -0.3 is 11.5 Å². The summed E-state index contributed by atoms with van der Waals surface area (Å²) in [6.45, 7) is 0. The number of halogens is 1. The van der Waals surface area contributed by atoms with Crippen molar-refractivity contribution in [3.8, 4) is 0 Å². The third-order valence-corrected chi connectivity index (χ3v) is 4.00. The number of para-hydroxylation sites is 1. The van der Waals surface area contributed by atoms with Crippen molar-refractivity contribution in [1.82, 2.24) is 9.97 Å². The van der Waals surface area contributed by atoms with Crippen molar-refractivity contribution in [2.45, 2.75) is 0 Å². The minimum Gasteiger partial charge on any atom is -0.384 e. The Hall–Kier alpha value is -3.03. The molecular weight excluding hydrogens is 368 g/mol. The highest BCUT2D eigenvalue weighted by Gasteiger charge is 1.98. The highest BCUT2D eigenvalue weighted by atomic mass is 35.5. The molecule has 0 spiro atoms. The second-order valence-corrected chi connectivity index (χ2v) is 5.88. The molecule has 2 aromatic carbocycles. The maximum absolute atomic E-state index is 5.64. The molecule has 4 rings (SSSR count). The zero-order valence-electron chi connectivity index (χ0n) is 13.7. The first-order valence-electron chi connectivity index (χ1n) is 7.49. The summed E-state index contributed by atoms with van der Waals surface area (Å²) in [5.41, 5.74) is 15.4. The SMILES string of the molecule is Cl.Nc1ccc(/N=N/c2ccccc2)c(N)n1.c1ccc2scnc2c1. The molecule has 4 aromatic rings. The molecule has 2 aromatic heterocycles. The minimum absolute atomic E-state index is 0. The molecule has 26 heavy (non-hydrogen) atoms. The predicted molar refractivity (Wildman–Crippen MR) is 111 cm³/mol. The number of azo groups is 1. The van der Waals surface area contributed by atoms with E-state index in [-0.39, 0.29) is 18.2 Å². The lowest BCUT2D eigenvalue weighted by molar-refractivity contribution is 1.21. The second-order valence-electron chi connectivity index (χ2n) is 5.00. The molecule has 0 bridgehead atoms. The van der Waals surface area contributed by atoms with Gasteiger partial charge in [-0.3, -0.25) is 0 Å². The minimum atomic E-state index is 0. The van der Waals surface area contributed by atoms with Crippen molar-refractivity contribution in [2.24, 2.45) is 10.2 Å². The normalized spacial score (nSPS) is 10.2. The molecule has 132 valence electrons. The summed E-state index contributed by atoms with van der Waals surface area (Å²) in [6.07, 6.45) is 0. The summed E-state index contributed by atoms with van der Waals surface area (Å²) >= 11 is 1.68. The Labute approximate surface area is 161 Å². The van der Waals surface area contributed by atoms with E-state index < -0.39 is 0 Å². The van der Waals surface area contributed by atoms with Crippen molar-refractivity contribution < 1.29 is 0 Å². The van der Waals surface area contributed by atoms with E-state index in [9.17, 15) is 0 Å². The van der Waals surface area contributed by atoms with E-state index in [0.717, 1.165) is 11.2 Å². The van der Waals surface area contributed by atoms with Crippen LogP contribution in [0.3, 0.4) is 0 Å². The van der Waals surface area contributed by atoms with E-state index in [2.05, 4.69) is 26.3 Å². The summed E-state index contributed by atoms with van der Waals surface area (Å²) in [5.74, 6) is 0.649. The lowest BCUT2D eigenvalue weighted by Crippen LogP contribution is -1.95. The van der Waals surface area contributed by atoms with Crippen LogP contribution in [-0.4, -0.2) is 9.97 Å². The molecule has 0 amide bonds. The maximum atomic E-state index is 5.64. The van der Waals surface area contributed by atoms with E-state index in [4.69, 9.17) is 11.5 Å². The largest absolute Gasteiger partial charge is 0.384 e. The third kappa shape index (κ3) is 5.23. The first kappa shape index (κ1) is 19.3. The number of fused-ring (bicyclic) bond motifs is 1. The van der Waals surface area contributed by atoms with E-state index in [0.29, 0.717) is 11.5 Å². The third-order valence-electron chi connectivity index (χ3n) is 3.19. The molecule has 0 saturated carbocycles. The van der Waals surface area contributed by atoms with Crippen LogP contribution in [0.15, 0.2) is 82.5 Å². The molecule has 2 heterocycles. The Morgan fingerprint density at radius 3 is 2.27 bits per heavy atom. The molecule has 0 aliphatic carbocycles. The summed E-state index contributed by atoms with van der Waals surface area (Å²) in [5, 5.41) is 8.03. The summed E-state index contributed by atoms with van der Waals surface area (Å²) in [6, 6.07) is 20.8. The van der Waals surface area contributed by atoms with Crippen LogP contribution in [0.25, 0.3) is 10.2 Å². The van der Waals surface area contributed by atoms with Crippen LogP contribution in [0.5, 0.6) is 0 Å². The molecule has 0 saturated heterocycles. The molecule has 0 fully saturated rings. The van der Waals surface area contributed by atoms with Gasteiger partial charge in [-0.05, 0) is 36.4 Å². The van der Waals surface area contributed by atoms with Gasteiger partial charge in [0.25, 0.3) is 0 Å². The van der Waals surface area contributed by atoms with Gasteiger partial charge in [0.2, 0.25) is 0 Å². The molecule has 6 nitrogen and oxygen atoms in total. The van der Waals surface area contributed by atoms with Crippen LogP contribution in [0.4, 0.5) is 23.0 Å². The van der Waals surface area contributed by atoms with Crippen LogP contribution in [0, 0.1) is 0 Å². The fourth-order valence-corrected chi connectivity index (χ4v) is 2.66. The zero-order valence-corrected chi connectivity index (χ0v) is 15.3. The fraction of sp³-hybridized carbons (Fsp3) is 0. The number of aromatic nitrogens is 2. The monoisotopic (exact) mass is 384 g/mol. The van der Waals surface area contributed by atoms with Gasteiger partial charge in [-0.25, -0.2) is 9.97 Å². The van der Waals surface area contributed by atoms with Crippen LogP contribution >= 0.6 is 23.7 Å². The number of anilines is 2. The number of nitrogens with two attached hydrogens (primary N) is 2. The summed E-state index contributed by atoms with van der Waals surface area (Å²) in [7, 11) is 0. The van der Waals surface area contributed by atoms with Gasteiger partial charge in [-0.2, -0.15) is 5.11 Å². The molecule has 0 aliphatic heterocycles. The Balaban J connectivity index is 0.000000206. The van der Waals surface area contributed by atoms with Crippen LogP contribution in [-0.2, 0) is 0 Å². The molecule has 0 aliphatic rings. The van der Waals surface area contributed by atoms with E-state index in [1.54, 1.807) is 23.5 Å². The Morgan fingerprint density at radius 2 is 1.54 bits per heavy atom. The van der Waals surface area contributed by atoms with E-state index >= 15 is 0 Å². The van der Waals surface area contributed by atoms with Gasteiger partial charge in [0.1, 0.15) is 11.5 Å². The number of pyridine rings is 1. The number of hydrogen-bond acceptors (Lipinski definition) is 7. The summed E-state index contributed by atoms with van der Waals surface area (Å²) < 4.78 is 1.26. The molecule has 4 N–H and O–H groups in total. The van der Waals surface area contributed by atoms with Crippen molar-refractivity contribution in [3.63, 3.8) is 0 Å². The van der Waals surface area contributed by atoms with Crippen LogP contribution in [0.2, 0.25) is 0 Å². The standard InChI is InChI=1S/C11H11N5.C7H5NS.ClH/c12-10-7-6-9(11(13)14-10)16-15-8-4-2-1-3-5-8;1-2-4-7-6(3-1)8-5-9-7;/h1-7H,(H4,12,13,14);1-5H;1H/b16-15+;;. The average Bonchev–Trinajstić information content (AvgIpc) is 3.11. The quantitative estimate of drug-likeness (QED) is 0.453. The highest BCUT2D eigenvalue weighted by molar-refractivity contribution is 7.16. The van der Waals surface area contributed by atoms with Gasteiger partial charge >= 0.3 is 0 Å². The van der Waals surface area contributed by atoms with Gasteiger partial charge in [0, 0.05) is 0 Å². The van der Waals surface area contributed by atoms with Gasteiger partial charge in [0.15, 0.2) is 5.82 Å². The molecule has 0 unspecified atom stereocenters. The molecule has 0 radical (unpaired) electrons. The number of rotatable bonds is 2. The zero-order chi connectivity index (χ0) is 17.5. The van der Waals surface area contributed by atoms with Crippen molar-refractivity contribution in [1.29, 1.82) is 0 Å². The Morgan fingerprint density at radius 1 is 0.808 bits per heavy atom. The van der Waals surface area contributed by atoms with Gasteiger partial charge in [-0.15, -0.1) is 28.9 Å². The van der Waals surface area contributed by atoms with E-state index in [1.165, 1.54) is 4.70 Å². The van der Waals surface area contributed by atoms with Gasteiger partial charge in [-0.1, -0.05) is 30.3 Å². The molecular formula is C18H17ClN6S. The second kappa shape index (κ2) is 9.45. The number of nitrogen functional groups attached to an aromatic ring is 2. The fourth-order valence-electron chi connectivity index (χ4n) is 1.98. The number of thiazole rings is 1. The lowest BCUT2D eigenvalue weighted by atomic mass is 10.3. The average molecular weight is 385 g/mol. The maximum Gasteiger partial charge on any atom is 0.153 e. The van der Waals surface area contributed by atoms with E-state index in [1.807, 2.05) is 54.0 Å². The molecule has 0 atom stereocenters. The Bertz CT molecular complexity index is 957. The highest BCUT2D eigenvalue weighted by Crippen LogP contribution is 2.23. The van der Waals surface area contributed by atoms with Crippen LogP contribution < -0.4 is 11.5 Å². The van der Waals surface area contributed by atoms with Gasteiger partial charge in [0.05, 0.1) is 21.4 Å². The van der Waals surface area contributed by atoms with Crippen LogP contribution in [0.1, 0.15) is 0 Å². The number of benzene rings is 2. The lowest BCUT2D eigenvalue weighted by Gasteiger charge is -1.98. The predicted octanol–water partition coefficient (Wildman–Crippen LogP) is 5.38. The molecule has 8 heteroatoms. The number of nitrogens with zero attached hydrogens (tertiary/aromatic N) is 4. The Kier molecular flexibility index (Phi) is 7.02. The van der Waals surface area contributed by atoms with Crippen molar-refractivity contribution in [3.05, 3.63) is 72.2 Å². The topological polar surface area (TPSA) is 103 Å². The summed E-state index contributed by atoms with van der Waals surface area (Å²) in [4.78, 5) is 8.02. The van der Waals surface area contributed by atoms with Crippen molar-refractivity contribution in [2.75, 3.05) is 11.5 Å². The smallest absolute Gasteiger partial charge is 0.153 e.